The van der Waals surface area contributed by atoms with Crippen molar-refractivity contribution in [3.8, 4) is 17.6 Å². The van der Waals surface area contributed by atoms with Gasteiger partial charge < -0.3 is 20.1 Å². The number of ketones is 1. The number of Topliss-reactive ketones (excluding diaryl/α,β-unsaturated/α-hetero) is 1. The van der Waals surface area contributed by atoms with Gasteiger partial charge in [-0.05, 0) is 31.9 Å². The van der Waals surface area contributed by atoms with E-state index in [2.05, 4.69) is 16.8 Å². The fraction of sp³-hybridized carbons (Fsp3) is 0.423. The molecule has 4 rings (SSSR count). The third kappa shape index (κ3) is 5.19. The number of imidazole rings is 1. The van der Waals surface area contributed by atoms with Crippen molar-refractivity contribution >= 4 is 28.9 Å². The standard InChI is InChI=1S/C26H30N6O6/c1-4-5-12-30-22-23(28-25(30)29-11-7-9-18(27)14-29)31(16-21(34)38-3)26(36)32(24(22)35)15-20(33)17-8-6-10-19(13-17)37-2/h6,8,10,13,18H,7,9,11-12,14-16,27H2,1-3H3. The average Bonchev–Trinajstić information content (AvgIpc) is 3.31. The van der Waals surface area contributed by atoms with Crippen LogP contribution in [0.4, 0.5) is 5.95 Å². The fourth-order valence-corrected chi connectivity index (χ4v) is 4.53. The minimum absolute atomic E-state index is 0.0162. The van der Waals surface area contributed by atoms with Crippen molar-refractivity contribution in [3.05, 3.63) is 50.7 Å². The van der Waals surface area contributed by atoms with Crippen molar-refractivity contribution < 1.29 is 19.1 Å². The van der Waals surface area contributed by atoms with Crippen molar-refractivity contribution in [2.45, 2.75) is 45.4 Å². The van der Waals surface area contributed by atoms with Gasteiger partial charge in [0.15, 0.2) is 16.9 Å². The van der Waals surface area contributed by atoms with E-state index < -0.39 is 36.1 Å². The van der Waals surface area contributed by atoms with Gasteiger partial charge in [0, 0.05) is 24.7 Å². The molecule has 1 unspecified atom stereocenters. The van der Waals surface area contributed by atoms with Crippen LogP contribution in [0.5, 0.6) is 5.75 Å². The second-order valence-corrected chi connectivity index (χ2v) is 8.94. The van der Waals surface area contributed by atoms with Crippen LogP contribution in [0.2, 0.25) is 0 Å². The Balaban J connectivity index is 1.94. The van der Waals surface area contributed by atoms with Crippen molar-refractivity contribution in [1.82, 2.24) is 18.7 Å². The molecule has 1 aromatic carbocycles. The molecule has 200 valence electrons. The second kappa shape index (κ2) is 11.4. The smallest absolute Gasteiger partial charge is 0.333 e. The number of anilines is 1. The van der Waals surface area contributed by atoms with Gasteiger partial charge in [-0.15, -0.1) is 5.92 Å². The lowest BCUT2D eigenvalue weighted by Gasteiger charge is -2.31. The Morgan fingerprint density at radius 1 is 1.16 bits per heavy atom. The molecular formula is C26H30N6O6. The topological polar surface area (TPSA) is 144 Å². The molecule has 2 N–H and O–H groups in total. The van der Waals surface area contributed by atoms with Crippen LogP contribution in [0.15, 0.2) is 33.9 Å². The van der Waals surface area contributed by atoms with Crippen molar-refractivity contribution in [1.29, 1.82) is 0 Å². The third-order valence-corrected chi connectivity index (χ3v) is 6.46. The Kier molecular flexibility index (Phi) is 7.97. The number of piperidine rings is 1. The zero-order valence-electron chi connectivity index (χ0n) is 21.6. The number of benzene rings is 1. The van der Waals surface area contributed by atoms with E-state index in [0.29, 0.717) is 24.8 Å². The molecule has 0 radical (unpaired) electrons. The third-order valence-electron chi connectivity index (χ3n) is 6.46. The molecular weight excluding hydrogens is 492 g/mol. The summed E-state index contributed by atoms with van der Waals surface area (Å²) < 4.78 is 13.5. The number of methoxy groups -OCH3 is 2. The minimum Gasteiger partial charge on any atom is -0.497 e. The highest BCUT2D eigenvalue weighted by Gasteiger charge is 2.28. The molecule has 0 bridgehead atoms. The summed E-state index contributed by atoms with van der Waals surface area (Å²) in [5, 5.41) is 0. The average molecular weight is 523 g/mol. The number of esters is 1. The SMILES string of the molecule is CC#CCn1c(N2CCCC(N)C2)nc2c1c(=O)n(CC(=O)c1cccc(OC)c1)c(=O)n2CC(=O)OC. The molecule has 0 spiro atoms. The van der Waals surface area contributed by atoms with E-state index in [4.69, 9.17) is 15.2 Å². The van der Waals surface area contributed by atoms with Gasteiger partial charge in [-0.2, -0.15) is 4.98 Å². The van der Waals surface area contributed by atoms with Crippen molar-refractivity contribution in [3.63, 3.8) is 0 Å². The number of hydrogen-bond acceptors (Lipinski definition) is 9. The van der Waals surface area contributed by atoms with Crippen molar-refractivity contribution in [2.24, 2.45) is 5.73 Å². The first kappa shape index (κ1) is 26.7. The Morgan fingerprint density at radius 2 is 1.95 bits per heavy atom. The summed E-state index contributed by atoms with van der Waals surface area (Å²) in [6, 6.07) is 6.34. The molecule has 12 nitrogen and oxygen atoms in total. The number of fused-ring (bicyclic) bond motifs is 1. The Labute approximate surface area is 218 Å². The summed E-state index contributed by atoms with van der Waals surface area (Å²) >= 11 is 0. The Hall–Kier alpha value is -4.37. The zero-order chi connectivity index (χ0) is 27.4. The normalized spacial score (nSPS) is 15.2. The number of nitrogens with zero attached hydrogens (tertiary/aromatic N) is 5. The van der Waals surface area contributed by atoms with Gasteiger partial charge in [-0.25, -0.2) is 4.79 Å². The van der Waals surface area contributed by atoms with Crippen LogP contribution < -0.4 is 26.6 Å². The summed E-state index contributed by atoms with van der Waals surface area (Å²) in [4.78, 5) is 59.3. The van der Waals surface area contributed by atoms with E-state index in [0.717, 1.165) is 22.0 Å². The predicted molar refractivity (Wildman–Crippen MR) is 140 cm³/mol. The summed E-state index contributed by atoms with van der Waals surface area (Å²) in [7, 11) is 2.67. The molecule has 0 aliphatic carbocycles. The monoisotopic (exact) mass is 522 g/mol. The molecule has 12 heteroatoms. The number of hydrogen-bond donors (Lipinski definition) is 1. The zero-order valence-corrected chi connectivity index (χ0v) is 21.6. The molecule has 38 heavy (non-hydrogen) atoms. The summed E-state index contributed by atoms with van der Waals surface area (Å²) in [5.41, 5.74) is 4.98. The van der Waals surface area contributed by atoms with Gasteiger partial charge in [0.05, 0.1) is 27.3 Å². The van der Waals surface area contributed by atoms with Gasteiger partial charge in [0.1, 0.15) is 12.3 Å². The van der Waals surface area contributed by atoms with Gasteiger partial charge in [-0.1, -0.05) is 18.1 Å². The number of nitrogens with two attached hydrogens (primary N) is 1. The molecule has 3 heterocycles. The number of carbonyl (C=O) groups is 2. The minimum atomic E-state index is -0.850. The number of carbonyl (C=O) groups excluding carboxylic acids is 2. The van der Waals surface area contributed by atoms with Crippen LogP contribution in [-0.2, 0) is 29.2 Å². The highest BCUT2D eigenvalue weighted by atomic mass is 16.5. The second-order valence-electron chi connectivity index (χ2n) is 8.94. The van der Waals surface area contributed by atoms with E-state index in [1.807, 2.05) is 4.90 Å². The van der Waals surface area contributed by atoms with E-state index in [1.54, 1.807) is 29.7 Å². The molecule has 0 amide bonds. The maximum atomic E-state index is 13.8. The molecule has 1 atom stereocenters. The van der Waals surface area contributed by atoms with Crippen LogP contribution in [0.25, 0.3) is 11.2 Å². The maximum absolute atomic E-state index is 13.8. The highest BCUT2D eigenvalue weighted by molar-refractivity contribution is 5.96. The first-order valence-electron chi connectivity index (χ1n) is 12.2. The lowest BCUT2D eigenvalue weighted by molar-refractivity contribution is -0.141. The van der Waals surface area contributed by atoms with Crippen LogP contribution in [0.3, 0.4) is 0 Å². The summed E-state index contributed by atoms with van der Waals surface area (Å²) in [6.07, 6.45) is 1.69. The quantitative estimate of drug-likeness (QED) is 0.252. The Morgan fingerprint density at radius 3 is 2.63 bits per heavy atom. The van der Waals surface area contributed by atoms with Crippen LogP contribution in [0, 0.1) is 11.8 Å². The van der Waals surface area contributed by atoms with Gasteiger partial charge in [0.2, 0.25) is 5.95 Å². The maximum Gasteiger partial charge on any atom is 0.333 e. The number of rotatable bonds is 8. The van der Waals surface area contributed by atoms with E-state index >= 15 is 0 Å². The number of ether oxygens (including phenoxy) is 2. The van der Waals surface area contributed by atoms with Gasteiger partial charge in [-0.3, -0.25) is 28.1 Å². The van der Waals surface area contributed by atoms with Gasteiger partial charge in [0.25, 0.3) is 5.56 Å². The fourth-order valence-electron chi connectivity index (χ4n) is 4.53. The van der Waals surface area contributed by atoms with E-state index in [-0.39, 0.29) is 29.3 Å². The molecule has 1 aliphatic heterocycles. The Bertz CT molecular complexity index is 1560. The van der Waals surface area contributed by atoms with Crippen LogP contribution >= 0.6 is 0 Å². The van der Waals surface area contributed by atoms with E-state index in [1.165, 1.54) is 20.3 Å². The van der Waals surface area contributed by atoms with Gasteiger partial charge >= 0.3 is 11.7 Å². The van der Waals surface area contributed by atoms with Crippen LogP contribution in [0.1, 0.15) is 30.1 Å². The molecule has 1 saturated heterocycles. The molecule has 3 aromatic rings. The molecule has 0 saturated carbocycles. The first-order valence-corrected chi connectivity index (χ1v) is 12.2. The number of aromatic nitrogens is 4. The molecule has 1 fully saturated rings. The molecule has 2 aromatic heterocycles. The van der Waals surface area contributed by atoms with Crippen molar-refractivity contribution in [2.75, 3.05) is 32.2 Å². The summed E-state index contributed by atoms with van der Waals surface area (Å²) in [6.45, 7) is 1.91. The lowest BCUT2D eigenvalue weighted by atomic mass is 10.1. The summed E-state index contributed by atoms with van der Waals surface area (Å²) in [5.74, 6) is 5.47. The van der Waals surface area contributed by atoms with Crippen LogP contribution in [-0.4, -0.2) is 63.8 Å². The first-order chi connectivity index (χ1) is 18.3. The predicted octanol–water partition coefficient (Wildman–Crippen LogP) is 0.375. The largest absolute Gasteiger partial charge is 0.497 e. The van der Waals surface area contributed by atoms with E-state index in [9.17, 15) is 19.2 Å². The highest BCUT2D eigenvalue weighted by Crippen LogP contribution is 2.23. The molecule has 1 aliphatic rings. The lowest BCUT2D eigenvalue weighted by Crippen LogP contribution is -2.44.